The summed E-state index contributed by atoms with van der Waals surface area (Å²) < 4.78 is 10.2. The minimum absolute atomic E-state index is 0.454. The van der Waals surface area contributed by atoms with E-state index in [-0.39, 0.29) is 0 Å². The molecule has 22 heavy (non-hydrogen) atoms. The van der Waals surface area contributed by atoms with Crippen molar-refractivity contribution in [3.63, 3.8) is 0 Å². The number of rotatable bonds is 7. The molecule has 0 aliphatic rings. The molecule has 0 saturated heterocycles. The number of benzene rings is 1. The summed E-state index contributed by atoms with van der Waals surface area (Å²) in [7, 11) is 0. The van der Waals surface area contributed by atoms with E-state index in [0.717, 1.165) is 5.69 Å². The molecule has 0 spiro atoms. The van der Waals surface area contributed by atoms with E-state index in [4.69, 9.17) is 8.94 Å². The first-order valence-corrected chi connectivity index (χ1v) is 7.18. The second-order valence-electron chi connectivity index (χ2n) is 5.18. The summed E-state index contributed by atoms with van der Waals surface area (Å²) >= 11 is 0. The molecule has 5 heteroatoms. The number of hydrogen-bond acceptors (Lipinski definition) is 5. The van der Waals surface area contributed by atoms with Gasteiger partial charge in [0.05, 0.1) is 12.0 Å². The van der Waals surface area contributed by atoms with Gasteiger partial charge in [-0.3, -0.25) is 4.90 Å². The number of aliphatic hydroxyl groups excluding tert-OH is 1. The summed E-state index contributed by atoms with van der Waals surface area (Å²) in [6, 6.07) is 15.5. The van der Waals surface area contributed by atoms with Crippen LogP contribution >= 0.6 is 0 Å². The Kier molecular flexibility index (Phi) is 4.68. The molecular weight excluding hydrogens is 280 g/mol. The Morgan fingerprint density at radius 2 is 1.86 bits per heavy atom. The van der Waals surface area contributed by atoms with Gasteiger partial charge in [-0.1, -0.05) is 35.5 Å². The number of nitrogens with zero attached hydrogens (tertiary/aromatic N) is 2. The highest BCUT2D eigenvalue weighted by molar-refractivity contribution is 5.15. The van der Waals surface area contributed by atoms with Crippen LogP contribution in [0.15, 0.2) is 70.0 Å². The summed E-state index contributed by atoms with van der Waals surface area (Å²) in [6.45, 7) is 1.77. The average Bonchev–Trinajstić information content (AvgIpc) is 3.21. The van der Waals surface area contributed by atoms with Crippen molar-refractivity contribution in [2.24, 2.45) is 0 Å². The van der Waals surface area contributed by atoms with Crippen molar-refractivity contribution in [2.75, 3.05) is 6.54 Å². The lowest BCUT2D eigenvalue weighted by atomic mass is 10.2. The molecule has 1 N–H and O–H groups in total. The molecule has 0 aliphatic carbocycles. The highest BCUT2D eigenvalue weighted by Crippen LogP contribution is 2.17. The van der Waals surface area contributed by atoms with Gasteiger partial charge in [-0.25, -0.2) is 0 Å². The highest BCUT2D eigenvalue weighted by atomic mass is 16.5. The number of aromatic nitrogens is 1. The lowest BCUT2D eigenvalue weighted by Crippen LogP contribution is -2.28. The Labute approximate surface area is 128 Å². The molecule has 1 aromatic carbocycles. The second kappa shape index (κ2) is 7.06. The predicted octanol–water partition coefficient (Wildman–Crippen LogP) is 3.00. The van der Waals surface area contributed by atoms with E-state index in [2.05, 4.69) is 22.2 Å². The summed E-state index contributed by atoms with van der Waals surface area (Å²) in [5.41, 5.74) is 2.01. The maximum absolute atomic E-state index is 10.3. The molecule has 0 saturated carbocycles. The fraction of sp³-hybridized carbons (Fsp3) is 0.235. The summed E-state index contributed by atoms with van der Waals surface area (Å²) in [5.74, 6) is 0.568. The molecule has 3 aromatic rings. The Morgan fingerprint density at radius 3 is 2.55 bits per heavy atom. The molecule has 0 fully saturated rings. The van der Waals surface area contributed by atoms with Gasteiger partial charge in [0, 0.05) is 25.7 Å². The first-order chi connectivity index (χ1) is 10.8. The molecule has 0 radical (unpaired) electrons. The van der Waals surface area contributed by atoms with Crippen LogP contribution in [-0.4, -0.2) is 21.7 Å². The van der Waals surface area contributed by atoms with Gasteiger partial charge in [0.15, 0.2) is 0 Å². The third kappa shape index (κ3) is 3.84. The molecule has 5 nitrogen and oxygen atoms in total. The third-order valence-electron chi connectivity index (χ3n) is 3.43. The molecular formula is C17H18N2O3. The van der Waals surface area contributed by atoms with Crippen molar-refractivity contribution in [2.45, 2.75) is 19.2 Å². The molecule has 0 bridgehead atoms. The van der Waals surface area contributed by atoms with Crippen LogP contribution in [0.25, 0.3) is 0 Å². The minimum atomic E-state index is -0.675. The van der Waals surface area contributed by atoms with E-state index in [9.17, 15) is 5.11 Å². The number of hydrogen-bond donors (Lipinski definition) is 1. The van der Waals surface area contributed by atoms with E-state index in [0.29, 0.717) is 25.4 Å². The molecule has 114 valence electrons. The van der Waals surface area contributed by atoms with Crippen LogP contribution < -0.4 is 0 Å². The van der Waals surface area contributed by atoms with Crippen LogP contribution in [0.3, 0.4) is 0 Å². The van der Waals surface area contributed by atoms with Gasteiger partial charge < -0.3 is 14.0 Å². The van der Waals surface area contributed by atoms with Crippen LogP contribution in [0.5, 0.6) is 0 Å². The quantitative estimate of drug-likeness (QED) is 0.726. The first kappa shape index (κ1) is 14.6. The van der Waals surface area contributed by atoms with Gasteiger partial charge in [0.25, 0.3) is 0 Å². The molecule has 2 heterocycles. The lowest BCUT2D eigenvalue weighted by Gasteiger charge is -2.23. The Morgan fingerprint density at radius 1 is 1.00 bits per heavy atom. The van der Waals surface area contributed by atoms with Crippen molar-refractivity contribution in [1.29, 1.82) is 0 Å². The summed E-state index contributed by atoms with van der Waals surface area (Å²) in [4.78, 5) is 2.11. The van der Waals surface area contributed by atoms with Gasteiger partial charge in [-0.05, 0) is 17.7 Å². The molecule has 1 atom stereocenters. The molecule has 3 rings (SSSR count). The van der Waals surface area contributed by atoms with Gasteiger partial charge in [-0.2, -0.15) is 0 Å². The monoisotopic (exact) mass is 298 g/mol. The standard InChI is InChI=1S/C17H18N2O3/c20-16(17-7-4-9-21-17)13-19(12-15-8-10-22-18-15)11-14-5-2-1-3-6-14/h1-10,16,20H,11-13H2/t16-/m0/s1. The predicted molar refractivity (Wildman–Crippen MR) is 80.7 cm³/mol. The summed E-state index contributed by atoms with van der Waals surface area (Å²) in [5, 5.41) is 14.3. The van der Waals surface area contributed by atoms with E-state index >= 15 is 0 Å². The van der Waals surface area contributed by atoms with Crippen LogP contribution in [0.4, 0.5) is 0 Å². The maximum Gasteiger partial charge on any atom is 0.133 e. The molecule has 2 aromatic heterocycles. The molecule has 0 aliphatic heterocycles. The van der Waals surface area contributed by atoms with Crippen LogP contribution in [0, 0.1) is 0 Å². The van der Waals surface area contributed by atoms with Crippen molar-refractivity contribution in [3.8, 4) is 0 Å². The topological polar surface area (TPSA) is 62.6 Å². The normalized spacial score (nSPS) is 12.6. The maximum atomic E-state index is 10.3. The largest absolute Gasteiger partial charge is 0.467 e. The highest BCUT2D eigenvalue weighted by Gasteiger charge is 2.17. The van der Waals surface area contributed by atoms with Gasteiger partial charge in [0.1, 0.15) is 18.1 Å². The SMILES string of the molecule is O[C@@H](CN(Cc1ccccc1)Cc1ccon1)c1ccco1. The van der Waals surface area contributed by atoms with Crippen LogP contribution in [-0.2, 0) is 13.1 Å². The Bertz CT molecular complexity index is 651. The zero-order valence-electron chi connectivity index (χ0n) is 12.1. The average molecular weight is 298 g/mol. The third-order valence-corrected chi connectivity index (χ3v) is 3.43. The van der Waals surface area contributed by atoms with Crippen molar-refractivity contribution in [1.82, 2.24) is 10.1 Å². The molecule has 0 amide bonds. The van der Waals surface area contributed by atoms with E-state index < -0.39 is 6.10 Å². The Hall–Kier alpha value is -2.37. The van der Waals surface area contributed by atoms with E-state index in [1.165, 1.54) is 5.56 Å². The Balaban J connectivity index is 1.70. The smallest absolute Gasteiger partial charge is 0.133 e. The van der Waals surface area contributed by atoms with Crippen LogP contribution in [0.2, 0.25) is 0 Å². The number of furan rings is 1. The first-order valence-electron chi connectivity index (χ1n) is 7.18. The van der Waals surface area contributed by atoms with E-state index in [1.54, 1.807) is 24.7 Å². The molecule has 0 unspecified atom stereocenters. The van der Waals surface area contributed by atoms with Crippen molar-refractivity contribution < 1.29 is 14.0 Å². The second-order valence-corrected chi connectivity index (χ2v) is 5.18. The van der Waals surface area contributed by atoms with Gasteiger partial charge in [-0.15, -0.1) is 0 Å². The fourth-order valence-corrected chi connectivity index (χ4v) is 2.39. The minimum Gasteiger partial charge on any atom is -0.467 e. The van der Waals surface area contributed by atoms with Crippen molar-refractivity contribution in [3.05, 3.63) is 78.1 Å². The van der Waals surface area contributed by atoms with E-state index in [1.807, 2.05) is 24.3 Å². The van der Waals surface area contributed by atoms with Crippen molar-refractivity contribution >= 4 is 0 Å². The lowest BCUT2D eigenvalue weighted by molar-refractivity contribution is 0.0861. The summed E-state index contributed by atoms with van der Waals surface area (Å²) in [6.07, 6.45) is 2.45. The van der Waals surface area contributed by atoms with Crippen LogP contribution in [0.1, 0.15) is 23.1 Å². The van der Waals surface area contributed by atoms with Gasteiger partial charge >= 0.3 is 0 Å². The van der Waals surface area contributed by atoms with Gasteiger partial charge in [0.2, 0.25) is 0 Å². The zero-order valence-corrected chi connectivity index (χ0v) is 12.1. The number of aliphatic hydroxyl groups is 1. The fourth-order valence-electron chi connectivity index (χ4n) is 2.39. The zero-order chi connectivity index (χ0) is 15.2.